The van der Waals surface area contributed by atoms with Gasteiger partial charge in [-0.3, -0.25) is 4.79 Å². The average Bonchev–Trinajstić information content (AvgIpc) is 2.49. The minimum Gasteiger partial charge on any atom is -0.351 e. The lowest BCUT2D eigenvalue weighted by Crippen LogP contribution is -2.32. The van der Waals surface area contributed by atoms with E-state index in [9.17, 15) is 4.79 Å². The van der Waals surface area contributed by atoms with E-state index in [0.717, 1.165) is 13.1 Å². The molecule has 0 aromatic carbocycles. The van der Waals surface area contributed by atoms with Crippen LogP contribution in [-0.2, 0) is 4.79 Å². The molecule has 0 aliphatic carbocycles. The summed E-state index contributed by atoms with van der Waals surface area (Å²) in [5.74, 6) is -0.0812. The van der Waals surface area contributed by atoms with E-state index in [0.29, 0.717) is 6.54 Å². The minimum atomic E-state index is -0.0812. The number of carbonyl (C=O) groups excluding carboxylic acids is 1. The monoisotopic (exact) mass is 296 g/mol. The van der Waals surface area contributed by atoms with E-state index in [4.69, 9.17) is 0 Å². The van der Waals surface area contributed by atoms with E-state index in [1.165, 1.54) is 70.3 Å². The maximum absolute atomic E-state index is 11.0. The van der Waals surface area contributed by atoms with E-state index in [1.807, 2.05) is 0 Å². The Morgan fingerprint density at radius 2 is 1.48 bits per heavy atom. The molecule has 124 valence electrons. The van der Waals surface area contributed by atoms with Crippen molar-refractivity contribution in [2.24, 2.45) is 0 Å². The average molecular weight is 296 g/mol. The highest BCUT2D eigenvalue weighted by Gasteiger charge is 1.99. The van der Waals surface area contributed by atoms with Crippen molar-refractivity contribution in [3.63, 3.8) is 0 Å². The maximum Gasteiger partial charge on any atom is 0.243 e. The number of nitrogens with zero attached hydrogens (tertiary/aromatic N) is 1. The molecule has 0 saturated carbocycles. The summed E-state index contributed by atoms with van der Waals surface area (Å²) in [7, 11) is 2.12. The first-order valence-corrected chi connectivity index (χ1v) is 8.79. The van der Waals surface area contributed by atoms with Gasteiger partial charge < -0.3 is 10.2 Å². The fourth-order valence-electron chi connectivity index (χ4n) is 2.42. The SMILES string of the molecule is C=CC(=O)NCCN(C)CCCCCCCCCCCC. The Morgan fingerprint density at radius 1 is 0.952 bits per heavy atom. The zero-order chi connectivity index (χ0) is 15.8. The van der Waals surface area contributed by atoms with E-state index in [-0.39, 0.29) is 5.91 Å². The molecule has 21 heavy (non-hydrogen) atoms. The highest BCUT2D eigenvalue weighted by Crippen LogP contribution is 2.10. The molecule has 3 nitrogen and oxygen atoms in total. The van der Waals surface area contributed by atoms with Crippen molar-refractivity contribution in [1.82, 2.24) is 10.2 Å². The van der Waals surface area contributed by atoms with E-state index >= 15 is 0 Å². The third-order valence-corrected chi connectivity index (χ3v) is 3.87. The van der Waals surface area contributed by atoms with Crippen molar-refractivity contribution in [2.75, 3.05) is 26.7 Å². The maximum atomic E-state index is 11.0. The number of amides is 1. The minimum absolute atomic E-state index is 0.0812. The highest BCUT2D eigenvalue weighted by molar-refractivity contribution is 5.86. The van der Waals surface area contributed by atoms with Gasteiger partial charge in [0.25, 0.3) is 0 Å². The number of carbonyl (C=O) groups is 1. The van der Waals surface area contributed by atoms with Crippen molar-refractivity contribution >= 4 is 5.91 Å². The van der Waals surface area contributed by atoms with Crippen LogP contribution in [0, 0.1) is 0 Å². The van der Waals surface area contributed by atoms with E-state index < -0.39 is 0 Å². The number of rotatable bonds is 15. The Kier molecular flexibility index (Phi) is 14.9. The first-order chi connectivity index (χ1) is 10.2. The molecule has 0 heterocycles. The Labute approximate surface area is 132 Å². The molecule has 0 aliphatic rings. The first kappa shape index (κ1) is 20.2. The summed E-state index contributed by atoms with van der Waals surface area (Å²) in [4.78, 5) is 13.3. The fourth-order valence-corrected chi connectivity index (χ4v) is 2.42. The summed E-state index contributed by atoms with van der Waals surface area (Å²) in [5, 5.41) is 2.80. The van der Waals surface area contributed by atoms with Crippen molar-refractivity contribution in [2.45, 2.75) is 71.1 Å². The predicted molar refractivity (Wildman–Crippen MR) is 92.5 cm³/mol. The van der Waals surface area contributed by atoms with Gasteiger partial charge in [-0.25, -0.2) is 0 Å². The van der Waals surface area contributed by atoms with Crippen LogP contribution >= 0.6 is 0 Å². The lowest BCUT2D eigenvalue weighted by molar-refractivity contribution is -0.116. The summed E-state index contributed by atoms with van der Waals surface area (Å²) >= 11 is 0. The van der Waals surface area contributed by atoms with Crippen LogP contribution in [0.2, 0.25) is 0 Å². The fraction of sp³-hybridized carbons (Fsp3) is 0.833. The quantitative estimate of drug-likeness (QED) is 0.364. The zero-order valence-electron chi connectivity index (χ0n) is 14.3. The van der Waals surface area contributed by atoms with Gasteiger partial charge in [-0.05, 0) is 26.1 Å². The third-order valence-electron chi connectivity index (χ3n) is 3.87. The molecular formula is C18H36N2O. The molecule has 1 amide bonds. The standard InChI is InChI=1S/C18H36N2O/c1-4-6-7-8-9-10-11-12-13-14-16-20(3)17-15-19-18(21)5-2/h5H,2,4,6-17H2,1,3H3,(H,19,21). The summed E-state index contributed by atoms with van der Waals surface area (Å²) in [6.07, 6.45) is 15.1. The van der Waals surface area contributed by atoms with Gasteiger partial charge in [-0.2, -0.15) is 0 Å². The number of nitrogens with one attached hydrogen (secondary N) is 1. The molecule has 3 heteroatoms. The van der Waals surface area contributed by atoms with Crippen molar-refractivity contribution in [1.29, 1.82) is 0 Å². The second-order valence-electron chi connectivity index (χ2n) is 5.98. The molecule has 0 bridgehead atoms. The first-order valence-electron chi connectivity index (χ1n) is 8.79. The molecule has 0 spiro atoms. The Bertz CT molecular complexity index is 254. The van der Waals surface area contributed by atoms with Crippen LogP contribution in [0.15, 0.2) is 12.7 Å². The lowest BCUT2D eigenvalue weighted by Gasteiger charge is -2.16. The van der Waals surface area contributed by atoms with Crippen LogP contribution in [0.25, 0.3) is 0 Å². The molecule has 0 unspecified atom stereocenters. The van der Waals surface area contributed by atoms with Crippen molar-refractivity contribution < 1.29 is 4.79 Å². The number of hydrogen-bond acceptors (Lipinski definition) is 2. The summed E-state index contributed by atoms with van der Waals surface area (Å²) in [6.45, 7) is 8.45. The van der Waals surface area contributed by atoms with Gasteiger partial charge in [0.15, 0.2) is 0 Å². The third kappa shape index (κ3) is 15.4. The van der Waals surface area contributed by atoms with E-state index in [1.54, 1.807) is 0 Å². The smallest absolute Gasteiger partial charge is 0.243 e. The Hall–Kier alpha value is -0.830. The summed E-state index contributed by atoms with van der Waals surface area (Å²) in [6, 6.07) is 0. The normalized spacial score (nSPS) is 10.8. The summed E-state index contributed by atoms with van der Waals surface area (Å²) in [5.41, 5.74) is 0. The molecular weight excluding hydrogens is 260 g/mol. The molecule has 0 fully saturated rings. The van der Waals surface area contributed by atoms with Crippen LogP contribution < -0.4 is 5.32 Å². The van der Waals surface area contributed by atoms with Crippen LogP contribution in [-0.4, -0.2) is 37.5 Å². The van der Waals surface area contributed by atoms with Crippen molar-refractivity contribution in [3.8, 4) is 0 Å². The molecule has 1 N–H and O–H groups in total. The van der Waals surface area contributed by atoms with Crippen LogP contribution in [0.4, 0.5) is 0 Å². The second kappa shape index (κ2) is 15.6. The van der Waals surface area contributed by atoms with E-state index in [2.05, 4.69) is 30.8 Å². The molecule has 0 radical (unpaired) electrons. The van der Waals surface area contributed by atoms with Gasteiger partial charge in [0.05, 0.1) is 0 Å². The lowest BCUT2D eigenvalue weighted by atomic mass is 10.1. The number of hydrogen-bond donors (Lipinski definition) is 1. The molecule has 0 rings (SSSR count). The van der Waals surface area contributed by atoms with Gasteiger partial charge in [-0.15, -0.1) is 0 Å². The zero-order valence-corrected chi connectivity index (χ0v) is 14.3. The molecule has 0 aromatic heterocycles. The predicted octanol–water partition coefficient (Wildman–Crippen LogP) is 4.14. The molecule has 0 aromatic rings. The van der Waals surface area contributed by atoms with Gasteiger partial charge in [0.1, 0.15) is 0 Å². The van der Waals surface area contributed by atoms with Gasteiger partial charge in [0.2, 0.25) is 5.91 Å². The highest BCUT2D eigenvalue weighted by atomic mass is 16.1. The van der Waals surface area contributed by atoms with Crippen LogP contribution in [0.1, 0.15) is 71.1 Å². The number of unbranched alkanes of at least 4 members (excludes halogenated alkanes) is 9. The largest absolute Gasteiger partial charge is 0.351 e. The van der Waals surface area contributed by atoms with Gasteiger partial charge in [0, 0.05) is 13.1 Å². The van der Waals surface area contributed by atoms with Crippen LogP contribution in [0.3, 0.4) is 0 Å². The number of likely N-dealkylation sites (N-methyl/N-ethyl adjacent to an activating group) is 1. The molecule has 0 saturated heterocycles. The van der Waals surface area contributed by atoms with Gasteiger partial charge in [-0.1, -0.05) is 71.3 Å². The Morgan fingerprint density at radius 3 is 2.00 bits per heavy atom. The molecule has 0 atom stereocenters. The van der Waals surface area contributed by atoms with Crippen molar-refractivity contribution in [3.05, 3.63) is 12.7 Å². The molecule has 0 aliphatic heterocycles. The Balaban J connectivity index is 3.19. The van der Waals surface area contributed by atoms with Gasteiger partial charge >= 0.3 is 0 Å². The topological polar surface area (TPSA) is 32.3 Å². The second-order valence-corrected chi connectivity index (χ2v) is 5.98. The van der Waals surface area contributed by atoms with Crippen LogP contribution in [0.5, 0.6) is 0 Å². The summed E-state index contributed by atoms with van der Waals surface area (Å²) < 4.78 is 0.